The highest BCUT2D eigenvalue weighted by atomic mass is 16.3. The number of hydrogen-bond acceptors (Lipinski definition) is 3. The van der Waals surface area contributed by atoms with Crippen LogP contribution in [-0.2, 0) is 11.3 Å². The summed E-state index contributed by atoms with van der Waals surface area (Å²) in [5, 5.41) is 11.7. The molecule has 2 rings (SSSR count). The van der Waals surface area contributed by atoms with E-state index in [1.165, 1.54) is 6.92 Å². The smallest absolute Gasteiger partial charge is 0.253 e. The Kier molecular flexibility index (Phi) is 5.33. The summed E-state index contributed by atoms with van der Waals surface area (Å²) >= 11 is 0. The lowest BCUT2D eigenvalue weighted by molar-refractivity contribution is -0.119. The third-order valence-electron chi connectivity index (χ3n) is 3.85. The number of rotatable bonds is 5. The van der Waals surface area contributed by atoms with E-state index in [0.717, 1.165) is 31.5 Å². The van der Waals surface area contributed by atoms with Crippen LogP contribution in [0, 0.1) is 5.92 Å². The van der Waals surface area contributed by atoms with Crippen LogP contribution in [0.5, 0.6) is 0 Å². The van der Waals surface area contributed by atoms with E-state index >= 15 is 0 Å². The monoisotopic (exact) mass is 290 g/mol. The first kappa shape index (κ1) is 15.5. The summed E-state index contributed by atoms with van der Waals surface area (Å²) in [6.45, 7) is 3.63. The topological polar surface area (TPSA) is 69.6 Å². The SMILES string of the molecule is CC(=O)NCc1ccc(C(=O)N2CCC(CCO)C2)cc1. The number of nitrogens with zero attached hydrogens (tertiary/aromatic N) is 1. The average Bonchev–Trinajstić information content (AvgIpc) is 2.94. The van der Waals surface area contributed by atoms with Gasteiger partial charge in [-0.05, 0) is 36.5 Å². The van der Waals surface area contributed by atoms with E-state index in [-0.39, 0.29) is 18.4 Å². The van der Waals surface area contributed by atoms with Gasteiger partial charge in [0.2, 0.25) is 5.91 Å². The van der Waals surface area contributed by atoms with Crippen molar-refractivity contribution in [1.82, 2.24) is 10.2 Å². The Morgan fingerprint density at radius 2 is 2.05 bits per heavy atom. The summed E-state index contributed by atoms with van der Waals surface area (Å²) in [6, 6.07) is 7.34. The van der Waals surface area contributed by atoms with Gasteiger partial charge in [0.1, 0.15) is 0 Å². The van der Waals surface area contributed by atoms with Gasteiger partial charge in [0.25, 0.3) is 5.91 Å². The third kappa shape index (κ3) is 4.29. The molecule has 1 aromatic carbocycles. The van der Waals surface area contributed by atoms with Crippen LogP contribution >= 0.6 is 0 Å². The van der Waals surface area contributed by atoms with Gasteiger partial charge in [-0.3, -0.25) is 9.59 Å². The number of carbonyl (C=O) groups excluding carboxylic acids is 2. The summed E-state index contributed by atoms with van der Waals surface area (Å²) in [5.74, 6) is 0.390. The van der Waals surface area contributed by atoms with Crippen LogP contribution in [0.1, 0.15) is 35.7 Å². The Morgan fingerprint density at radius 1 is 1.33 bits per heavy atom. The van der Waals surface area contributed by atoms with Gasteiger partial charge in [0.15, 0.2) is 0 Å². The number of benzene rings is 1. The number of carbonyl (C=O) groups is 2. The number of aliphatic hydroxyl groups excluding tert-OH is 1. The minimum Gasteiger partial charge on any atom is -0.396 e. The predicted molar refractivity (Wildman–Crippen MR) is 79.7 cm³/mol. The first-order valence-corrected chi connectivity index (χ1v) is 7.33. The van der Waals surface area contributed by atoms with Gasteiger partial charge in [0, 0.05) is 38.7 Å². The molecule has 0 spiro atoms. The Balaban J connectivity index is 1.92. The van der Waals surface area contributed by atoms with Crippen LogP contribution in [0.15, 0.2) is 24.3 Å². The summed E-state index contributed by atoms with van der Waals surface area (Å²) in [7, 11) is 0. The number of aliphatic hydroxyl groups is 1. The first-order valence-electron chi connectivity index (χ1n) is 7.33. The second-order valence-electron chi connectivity index (χ2n) is 5.52. The molecule has 1 aromatic rings. The molecule has 2 amide bonds. The van der Waals surface area contributed by atoms with Crippen molar-refractivity contribution in [3.8, 4) is 0 Å². The van der Waals surface area contributed by atoms with Gasteiger partial charge in [-0.25, -0.2) is 0 Å². The molecule has 0 aromatic heterocycles. The van der Waals surface area contributed by atoms with Crippen molar-refractivity contribution in [2.24, 2.45) is 5.92 Å². The fraction of sp³-hybridized carbons (Fsp3) is 0.500. The highest BCUT2D eigenvalue weighted by Gasteiger charge is 2.26. The van der Waals surface area contributed by atoms with Gasteiger partial charge < -0.3 is 15.3 Å². The van der Waals surface area contributed by atoms with Gasteiger partial charge in [0.05, 0.1) is 0 Å². The van der Waals surface area contributed by atoms with Crippen LogP contribution in [-0.4, -0.2) is 41.5 Å². The first-order chi connectivity index (χ1) is 10.1. The minimum atomic E-state index is -0.0675. The van der Waals surface area contributed by atoms with Crippen LogP contribution < -0.4 is 5.32 Å². The Morgan fingerprint density at radius 3 is 2.67 bits per heavy atom. The van der Waals surface area contributed by atoms with Crippen molar-refractivity contribution in [3.63, 3.8) is 0 Å². The van der Waals surface area contributed by atoms with Crippen molar-refractivity contribution in [3.05, 3.63) is 35.4 Å². The van der Waals surface area contributed by atoms with Crippen molar-refractivity contribution in [2.75, 3.05) is 19.7 Å². The molecular weight excluding hydrogens is 268 g/mol. The molecule has 0 saturated carbocycles. The molecular formula is C16H22N2O3. The molecule has 2 N–H and O–H groups in total. The highest BCUT2D eigenvalue weighted by Crippen LogP contribution is 2.21. The molecule has 1 fully saturated rings. The maximum Gasteiger partial charge on any atom is 0.253 e. The lowest BCUT2D eigenvalue weighted by Crippen LogP contribution is -2.28. The Bertz CT molecular complexity index is 499. The second-order valence-corrected chi connectivity index (χ2v) is 5.52. The Labute approximate surface area is 125 Å². The van der Waals surface area contributed by atoms with Crippen LogP contribution in [0.25, 0.3) is 0 Å². The zero-order valence-corrected chi connectivity index (χ0v) is 12.3. The fourth-order valence-electron chi connectivity index (χ4n) is 2.61. The van der Waals surface area contributed by atoms with Crippen LogP contribution in [0.2, 0.25) is 0 Å². The lowest BCUT2D eigenvalue weighted by atomic mass is 10.1. The molecule has 1 atom stereocenters. The maximum atomic E-state index is 12.4. The van der Waals surface area contributed by atoms with E-state index in [2.05, 4.69) is 5.32 Å². The van der Waals surface area contributed by atoms with E-state index in [9.17, 15) is 9.59 Å². The number of amides is 2. The molecule has 114 valence electrons. The van der Waals surface area contributed by atoms with E-state index < -0.39 is 0 Å². The van der Waals surface area contributed by atoms with Crippen molar-refractivity contribution < 1.29 is 14.7 Å². The average molecular weight is 290 g/mol. The number of likely N-dealkylation sites (tertiary alicyclic amines) is 1. The van der Waals surface area contributed by atoms with Crippen molar-refractivity contribution >= 4 is 11.8 Å². The molecule has 1 saturated heterocycles. The summed E-state index contributed by atoms with van der Waals surface area (Å²) in [6.07, 6.45) is 1.73. The zero-order chi connectivity index (χ0) is 15.2. The van der Waals surface area contributed by atoms with E-state index in [1.54, 1.807) is 12.1 Å². The Hall–Kier alpha value is -1.88. The molecule has 1 unspecified atom stereocenters. The zero-order valence-electron chi connectivity index (χ0n) is 12.3. The molecule has 5 heteroatoms. The number of hydrogen-bond donors (Lipinski definition) is 2. The van der Waals surface area contributed by atoms with Crippen molar-refractivity contribution in [2.45, 2.75) is 26.3 Å². The standard InChI is InChI=1S/C16H22N2O3/c1-12(20)17-10-13-2-4-15(5-3-13)16(21)18-8-6-14(11-18)7-9-19/h2-5,14,19H,6-11H2,1H3,(H,17,20). The van der Waals surface area contributed by atoms with Gasteiger partial charge in [-0.15, -0.1) is 0 Å². The molecule has 1 aliphatic rings. The second kappa shape index (κ2) is 7.22. The molecule has 1 heterocycles. The van der Waals surface area contributed by atoms with Crippen LogP contribution in [0.3, 0.4) is 0 Å². The van der Waals surface area contributed by atoms with Crippen LogP contribution in [0.4, 0.5) is 0 Å². The molecule has 0 bridgehead atoms. The molecule has 21 heavy (non-hydrogen) atoms. The van der Waals surface area contributed by atoms with E-state index in [4.69, 9.17) is 5.11 Å². The van der Waals surface area contributed by atoms with E-state index in [1.807, 2.05) is 17.0 Å². The lowest BCUT2D eigenvalue weighted by Gasteiger charge is -2.16. The quantitative estimate of drug-likeness (QED) is 0.855. The summed E-state index contributed by atoms with van der Waals surface area (Å²) in [5.41, 5.74) is 1.65. The molecule has 0 radical (unpaired) electrons. The minimum absolute atomic E-state index is 0.0431. The largest absolute Gasteiger partial charge is 0.396 e. The maximum absolute atomic E-state index is 12.4. The highest BCUT2D eigenvalue weighted by molar-refractivity contribution is 5.94. The van der Waals surface area contributed by atoms with E-state index in [0.29, 0.717) is 18.0 Å². The normalized spacial score (nSPS) is 17.8. The molecule has 0 aliphatic carbocycles. The molecule has 1 aliphatic heterocycles. The van der Waals surface area contributed by atoms with Gasteiger partial charge in [-0.1, -0.05) is 12.1 Å². The van der Waals surface area contributed by atoms with Crippen molar-refractivity contribution in [1.29, 1.82) is 0 Å². The third-order valence-corrected chi connectivity index (χ3v) is 3.85. The van der Waals surface area contributed by atoms with Gasteiger partial charge in [-0.2, -0.15) is 0 Å². The number of nitrogens with one attached hydrogen (secondary N) is 1. The predicted octanol–water partition coefficient (Wildman–Crippen LogP) is 1.17. The summed E-state index contributed by atoms with van der Waals surface area (Å²) < 4.78 is 0. The summed E-state index contributed by atoms with van der Waals surface area (Å²) in [4.78, 5) is 25.1. The van der Waals surface area contributed by atoms with Gasteiger partial charge >= 0.3 is 0 Å². The molecule has 5 nitrogen and oxygen atoms in total. The fourth-order valence-corrected chi connectivity index (χ4v) is 2.61.